The average molecular weight is 284 g/mol. The molecule has 0 saturated heterocycles. The Morgan fingerprint density at radius 2 is 2.14 bits per heavy atom. The smallest absolute Gasteiger partial charge is 0.314 e. The maximum absolute atomic E-state index is 12.4. The molecule has 0 spiro atoms. The number of fused-ring (bicyclic) bond motifs is 1. The van der Waals surface area contributed by atoms with Crippen molar-refractivity contribution in [2.24, 2.45) is 5.92 Å². The summed E-state index contributed by atoms with van der Waals surface area (Å²) >= 11 is 0. The number of hydrogen-bond donors (Lipinski definition) is 1. The van der Waals surface area contributed by atoms with E-state index in [-0.39, 0.29) is 11.9 Å². The third kappa shape index (κ3) is 2.84. The van der Waals surface area contributed by atoms with Crippen molar-refractivity contribution in [3.8, 4) is 0 Å². The predicted molar refractivity (Wildman–Crippen MR) is 79.8 cm³/mol. The summed E-state index contributed by atoms with van der Waals surface area (Å²) in [5, 5.41) is 7.05. The minimum absolute atomic E-state index is 0.148. The number of H-pyrrole nitrogens is 1. The van der Waals surface area contributed by atoms with Crippen molar-refractivity contribution >= 4 is 5.97 Å². The molecule has 0 saturated carbocycles. The van der Waals surface area contributed by atoms with E-state index < -0.39 is 0 Å². The SMILES string of the molecule is Cc1ccc(COC(=O)C2c3cn[nH]c3CCC2C)cc1. The van der Waals surface area contributed by atoms with Crippen LogP contribution in [0.15, 0.2) is 30.5 Å². The first-order valence-electron chi connectivity index (χ1n) is 7.39. The lowest BCUT2D eigenvalue weighted by Gasteiger charge is -2.26. The monoisotopic (exact) mass is 284 g/mol. The minimum atomic E-state index is -0.196. The number of carbonyl (C=O) groups is 1. The van der Waals surface area contributed by atoms with E-state index in [0.717, 1.165) is 29.7 Å². The number of hydrogen-bond acceptors (Lipinski definition) is 3. The van der Waals surface area contributed by atoms with Crippen LogP contribution in [0.3, 0.4) is 0 Å². The van der Waals surface area contributed by atoms with Gasteiger partial charge in [-0.2, -0.15) is 5.10 Å². The summed E-state index contributed by atoms with van der Waals surface area (Å²) in [7, 11) is 0. The van der Waals surface area contributed by atoms with Gasteiger partial charge in [-0.3, -0.25) is 9.89 Å². The van der Waals surface area contributed by atoms with Crippen molar-refractivity contribution in [3.63, 3.8) is 0 Å². The van der Waals surface area contributed by atoms with Crippen molar-refractivity contribution in [2.75, 3.05) is 0 Å². The zero-order valence-electron chi connectivity index (χ0n) is 12.4. The van der Waals surface area contributed by atoms with Crippen molar-refractivity contribution in [1.29, 1.82) is 0 Å². The molecule has 4 nitrogen and oxygen atoms in total. The highest BCUT2D eigenvalue weighted by atomic mass is 16.5. The van der Waals surface area contributed by atoms with Crippen molar-refractivity contribution in [2.45, 2.75) is 39.2 Å². The predicted octanol–water partition coefficient (Wildman–Crippen LogP) is 3.13. The zero-order chi connectivity index (χ0) is 14.8. The molecule has 0 aliphatic heterocycles. The van der Waals surface area contributed by atoms with Gasteiger partial charge in [0.1, 0.15) is 6.61 Å². The number of benzene rings is 1. The Morgan fingerprint density at radius 3 is 2.90 bits per heavy atom. The summed E-state index contributed by atoms with van der Waals surface area (Å²) < 4.78 is 5.52. The number of nitrogens with one attached hydrogen (secondary N) is 1. The number of ether oxygens (including phenoxy) is 1. The standard InChI is InChI=1S/C17H20N2O2/c1-11-3-6-13(7-4-11)10-21-17(20)16-12(2)5-8-15-14(16)9-18-19-15/h3-4,6-7,9,12,16H,5,8,10H2,1-2H3,(H,18,19). The fourth-order valence-corrected chi connectivity index (χ4v) is 2.92. The number of aryl methyl sites for hydroxylation is 2. The molecule has 21 heavy (non-hydrogen) atoms. The van der Waals surface area contributed by atoms with Crippen LogP contribution in [0.1, 0.15) is 41.6 Å². The molecule has 1 heterocycles. The summed E-state index contributed by atoms with van der Waals surface area (Å²) in [6.45, 7) is 4.48. The highest BCUT2D eigenvalue weighted by Crippen LogP contribution is 2.36. The van der Waals surface area contributed by atoms with E-state index in [9.17, 15) is 4.79 Å². The molecule has 0 fully saturated rings. The van der Waals surface area contributed by atoms with Crippen LogP contribution in [0.25, 0.3) is 0 Å². The summed E-state index contributed by atoms with van der Waals surface area (Å²) in [6, 6.07) is 8.05. The maximum Gasteiger partial charge on any atom is 0.314 e. The van der Waals surface area contributed by atoms with Gasteiger partial charge in [0.05, 0.1) is 12.1 Å². The Hall–Kier alpha value is -2.10. The zero-order valence-corrected chi connectivity index (χ0v) is 12.4. The molecule has 110 valence electrons. The molecular weight excluding hydrogens is 264 g/mol. The largest absolute Gasteiger partial charge is 0.460 e. The second-order valence-electron chi connectivity index (χ2n) is 5.89. The van der Waals surface area contributed by atoms with E-state index in [0.29, 0.717) is 12.5 Å². The van der Waals surface area contributed by atoms with Crippen LogP contribution in [0, 0.1) is 12.8 Å². The van der Waals surface area contributed by atoms with Crippen molar-refractivity contribution < 1.29 is 9.53 Å². The number of aromatic nitrogens is 2. The summed E-state index contributed by atoms with van der Waals surface area (Å²) in [5.41, 5.74) is 4.30. The number of aromatic amines is 1. The van der Waals surface area contributed by atoms with E-state index in [2.05, 4.69) is 17.1 Å². The van der Waals surface area contributed by atoms with Crippen LogP contribution in [-0.2, 0) is 22.6 Å². The molecule has 1 aromatic carbocycles. The molecule has 2 atom stereocenters. The van der Waals surface area contributed by atoms with E-state index in [4.69, 9.17) is 4.74 Å². The van der Waals surface area contributed by atoms with E-state index >= 15 is 0 Å². The van der Waals surface area contributed by atoms with Crippen LogP contribution < -0.4 is 0 Å². The highest BCUT2D eigenvalue weighted by molar-refractivity contribution is 5.79. The van der Waals surface area contributed by atoms with Gasteiger partial charge < -0.3 is 4.74 Å². The molecular formula is C17H20N2O2. The summed E-state index contributed by atoms with van der Waals surface area (Å²) in [5.74, 6) is -0.0519. The van der Waals surface area contributed by atoms with Gasteiger partial charge in [-0.25, -0.2) is 0 Å². The molecule has 0 amide bonds. The normalized spacial score (nSPS) is 20.9. The second-order valence-corrected chi connectivity index (χ2v) is 5.89. The lowest BCUT2D eigenvalue weighted by atomic mass is 9.79. The molecule has 1 aromatic heterocycles. The topological polar surface area (TPSA) is 55.0 Å². The highest BCUT2D eigenvalue weighted by Gasteiger charge is 2.34. The molecule has 4 heteroatoms. The van der Waals surface area contributed by atoms with Gasteiger partial charge in [-0.05, 0) is 31.2 Å². The second kappa shape index (κ2) is 5.72. The minimum Gasteiger partial charge on any atom is -0.460 e. The molecule has 2 aromatic rings. The Balaban J connectivity index is 1.69. The molecule has 1 aliphatic carbocycles. The first-order chi connectivity index (χ1) is 10.1. The third-order valence-corrected chi connectivity index (χ3v) is 4.26. The number of carbonyl (C=O) groups excluding carboxylic acids is 1. The van der Waals surface area contributed by atoms with Crippen molar-refractivity contribution in [1.82, 2.24) is 10.2 Å². The maximum atomic E-state index is 12.4. The number of rotatable bonds is 3. The van der Waals surface area contributed by atoms with E-state index in [1.165, 1.54) is 5.56 Å². The fourth-order valence-electron chi connectivity index (χ4n) is 2.92. The molecule has 1 N–H and O–H groups in total. The van der Waals surface area contributed by atoms with Gasteiger partial charge in [-0.15, -0.1) is 0 Å². The van der Waals surface area contributed by atoms with Crippen LogP contribution in [0.2, 0.25) is 0 Å². The quantitative estimate of drug-likeness (QED) is 0.881. The van der Waals surface area contributed by atoms with Gasteiger partial charge in [0.15, 0.2) is 0 Å². The Labute approximate surface area is 124 Å². The van der Waals surface area contributed by atoms with Crippen LogP contribution in [0.4, 0.5) is 0 Å². The Kier molecular flexibility index (Phi) is 3.78. The van der Waals surface area contributed by atoms with Crippen LogP contribution in [0.5, 0.6) is 0 Å². The van der Waals surface area contributed by atoms with Crippen molar-refractivity contribution in [3.05, 3.63) is 52.8 Å². The summed E-state index contributed by atoms with van der Waals surface area (Å²) in [4.78, 5) is 12.4. The van der Waals surface area contributed by atoms with E-state index in [1.54, 1.807) is 6.20 Å². The molecule has 3 rings (SSSR count). The average Bonchev–Trinajstić information content (AvgIpc) is 2.94. The lowest BCUT2D eigenvalue weighted by Crippen LogP contribution is -2.26. The van der Waals surface area contributed by atoms with Gasteiger partial charge in [-0.1, -0.05) is 36.8 Å². The van der Waals surface area contributed by atoms with Gasteiger partial charge in [0.2, 0.25) is 0 Å². The molecule has 0 radical (unpaired) electrons. The van der Waals surface area contributed by atoms with Crippen LogP contribution >= 0.6 is 0 Å². The van der Waals surface area contributed by atoms with Gasteiger partial charge >= 0.3 is 5.97 Å². The summed E-state index contributed by atoms with van der Waals surface area (Å²) in [6.07, 6.45) is 3.71. The van der Waals surface area contributed by atoms with Crippen LogP contribution in [-0.4, -0.2) is 16.2 Å². The first kappa shape index (κ1) is 13.9. The first-order valence-corrected chi connectivity index (χ1v) is 7.39. The van der Waals surface area contributed by atoms with E-state index in [1.807, 2.05) is 31.2 Å². The Bertz CT molecular complexity index is 630. The fraction of sp³-hybridized carbons (Fsp3) is 0.412. The number of nitrogens with zero attached hydrogens (tertiary/aromatic N) is 1. The van der Waals surface area contributed by atoms with Gasteiger partial charge in [0.25, 0.3) is 0 Å². The molecule has 2 unspecified atom stereocenters. The number of esters is 1. The lowest BCUT2D eigenvalue weighted by molar-refractivity contribution is -0.148. The molecule has 1 aliphatic rings. The Morgan fingerprint density at radius 1 is 1.38 bits per heavy atom. The third-order valence-electron chi connectivity index (χ3n) is 4.26. The van der Waals surface area contributed by atoms with Gasteiger partial charge in [0, 0.05) is 11.3 Å². The molecule has 0 bridgehead atoms.